The van der Waals surface area contributed by atoms with E-state index in [4.69, 9.17) is 4.74 Å². The van der Waals surface area contributed by atoms with Gasteiger partial charge in [-0.2, -0.15) is 5.10 Å². The van der Waals surface area contributed by atoms with Gasteiger partial charge in [0.1, 0.15) is 24.1 Å². The number of benzene rings is 2. The molecule has 174 valence electrons. The van der Waals surface area contributed by atoms with Gasteiger partial charge in [-0.25, -0.2) is 28.1 Å². The molecule has 0 saturated heterocycles. The molecule has 0 spiro atoms. The number of carbonyl (C=O) groups excluding carboxylic acids is 1. The standard InChI is InChI=1S/C22H21N7O4S/c1-33-18-4-2-3-16(9-18)11-23-22(30)19-10-20(25-13-24-19)34(31,32)28-12-15-5-7-17(8-6-15)21-26-14-27-29-21/h2-10,13-14,28H,11-12H2,1H3,(H,23,30)(H,26,27,29). The van der Waals surface area contributed by atoms with E-state index in [1.807, 2.05) is 12.1 Å². The minimum atomic E-state index is -3.97. The topological polar surface area (TPSA) is 152 Å². The van der Waals surface area contributed by atoms with Crippen LogP contribution >= 0.6 is 0 Å². The van der Waals surface area contributed by atoms with E-state index in [0.717, 1.165) is 29.1 Å². The molecule has 12 heteroatoms. The molecular weight excluding hydrogens is 458 g/mol. The van der Waals surface area contributed by atoms with Crippen molar-refractivity contribution in [1.82, 2.24) is 35.2 Å². The van der Waals surface area contributed by atoms with Gasteiger partial charge in [0, 0.05) is 24.7 Å². The predicted octanol–water partition coefficient (Wildman–Crippen LogP) is 1.68. The quantitative estimate of drug-likeness (QED) is 0.307. The smallest absolute Gasteiger partial charge is 0.270 e. The van der Waals surface area contributed by atoms with Crippen molar-refractivity contribution in [1.29, 1.82) is 0 Å². The number of H-pyrrole nitrogens is 1. The van der Waals surface area contributed by atoms with Gasteiger partial charge in [-0.3, -0.25) is 9.89 Å². The largest absolute Gasteiger partial charge is 0.497 e. The van der Waals surface area contributed by atoms with Crippen molar-refractivity contribution in [2.24, 2.45) is 0 Å². The lowest BCUT2D eigenvalue weighted by atomic mass is 10.1. The number of nitrogens with zero attached hydrogens (tertiary/aromatic N) is 4. The molecule has 0 fully saturated rings. The lowest BCUT2D eigenvalue weighted by Gasteiger charge is -2.09. The second-order valence-corrected chi connectivity index (χ2v) is 8.85. The third-order valence-corrected chi connectivity index (χ3v) is 6.14. The molecule has 11 nitrogen and oxygen atoms in total. The maximum absolute atomic E-state index is 12.7. The van der Waals surface area contributed by atoms with E-state index < -0.39 is 15.9 Å². The number of rotatable bonds is 9. The van der Waals surface area contributed by atoms with E-state index in [0.29, 0.717) is 11.6 Å². The van der Waals surface area contributed by atoms with Gasteiger partial charge in [0.25, 0.3) is 15.9 Å². The molecule has 2 aromatic carbocycles. The molecule has 0 radical (unpaired) electrons. The lowest BCUT2D eigenvalue weighted by Crippen LogP contribution is -2.27. The number of aromatic amines is 1. The Bertz CT molecular complexity index is 1370. The molecule has 0 saturated carbocycles. The lowest BCUT2D eigenvalue weighted by molar-refractivity contribution is 0.0945. The molecule has 3 N–H and O–H groups in total. The summed E-state index contributed by atoms with van der Waals surface area (Å²) in [7, 11) is -2.41. The van der Waals surface area contributed by atoms with E-state index >= 15 is 0 Å². The monoisotopic (exact) mass is 479 g/mol. The van der Waals surface area contributed by atoms with Crippen LogP contribution in [0.3, 0.4) is 0 Å². The van der Waals surface area contributed by atoms with Crippen LogP contribution in [0.5, 0.6) is 5.75 Å². The molecule has 4 aromatic rings. The zero-order chi connectivity index (χ0) is 24.0. The average Bonchev–Trinajstić information content (AvgIpc) is 3.42. The number of nitrogens with one attached hydrogen (secondary N) is 3. The van der Waals surface area contributed by atoms with Gasteiger partial charge in [-0.15, -0.1) is 0 Å². The maximum atomic E-state index is 12.7. The first-order chi connectivity index (χ1) is 16.4. The number of amides is 1. The van der Waals surface area contributed by atoms with Crippen molar-refractivity contribution in [2.45, 2.75) is 18.1 Å². The number of hydrogen-bond acceptors (Lipinski definition) is 8. The van der Waals surface area contributed by atoms with E-state index in [-0.39, 0.29) is 23.8 Å². The Hall–Kier alpha value is -4.16. The normalized spacial score (nSPS) is 11.2. The van der Waals surface area contributed by atoms with Crippen molar-refractivity contribution in [3.8, 4) is 17.1 Å². The van der Waals surface area contributed by atoms with Crippen molar-refractivity contribution < 1.29 is 17.9 Å². The van der Waals surface area contributed by atoms with Crippen LogP contribution in [0.1, 0.15) is 21.6 Å². The maximum Gasteiger partial charge on any atom is 0.270 e. The molecule has 0 aliphatic heterocycles. The Balaban J connectivity index is 1.39. The number of ether oxygens (including phenoxy) is 1. The Labute approximate surface area is 195 Å². The second-order valence-electron chi connectivity index (χ2n) is 7.13. The van der Waals surface area contributed by atoms with E-state index in [2.05, 4.69) is 35.2 Å². The first kappa shape index (κ1) is 23.0. The minimum Gasteiger partial charge on any atom is -0.497 e. The summed E-state index contributed by atoms with van der Waals surface area (Å²) in [6.07, 6.45) is 2.45. The van der Waals surface area contributed by atoms with E-state index in [1.54, 1.807) is 43.5 Å². The van der Waals surface area contributed by atoms with Crippen molar-refractivity contribution in [3.05, 3.63) is 84.1 Å². The molecule has 2 heterocycles. The summed E-state index contributed by atoms with van der Waals surface area (Å²) in [6.45, 7) is 0.269. The van der Waals surface area contributed by atoms with Crippen LogP contribution in [0, 0.1) is 0 Å². The highest BCUT2D eigenvalue weighted by molar-refractivity contribution is 7.89. The summed E-state index contributed by atoms with van der Waals surface area (Å²) < 4.78 is 33.1. The van der Waals surface area contributed by atoms with Gasteiger partial charge in [0.2, 0.25) is 0 Å². The van der Waals surface area contributed by atoms with Gasteiger partial charge in [0.15, 0.2) is 10.9 Å². The third kappa shape index (κ3) is 5.60. The van der Waals surface area contributed by atoms with Crippen LogP contribution in [0.4, 0.5) is 0 Å². The highest BCUT2D eigenvalue weighted by Crippen LogP contribution is 2.15. The summed E-state index contributed by atoms with van der Waals surface area (Å²) in [6, 6.07) is 15.5. The molecule has 1 amide bonds. The Morgan fingerprint density at radius 1 is 0.971 bits per heavy atom. The minimum absolute atomic E-state index is 0.0421. The third-order valence-electron chi connectivity index (χ3n) is 4.85. The van der Waals surface area contributed by atoms with E-state index in [1.165, 1.54) is 6.33 Å². The molecule has 2 aromatic heterocycles. The zero-order valence-corrected chi connectivity index (χ0v) is 18.9. The summed E-state index contributed by atoms with van der Waals surface area (Å²) in [5.74, 6) is 0.760. The Morgan fingerprint density at radius 3 is 2.53 bits per heavy atom. The summed E-state index contributed by atoms with van der Waals surface area (Å²) in [5.41, 5.74) is 2.32. The molecule has 0 aliphatic rings. The summed E-state index contributed by atoms with van der Waals surface area (Å²) in [5, 5.41) is 8.98. The van der Waals surface area contributed by atoms with Gasteiger partial charge >= 0.3 is 0 Å². The SMILES string of the molecule is COc1cccc(CNC(=O)c2cc(S(=O)(=O)NCc3ccc(-c4ncn[nH]4)cc3)ncn2)c1. The number of hydrogen-bond donors (Lipinski definition) is 3. The fraction of sp³-hybridized carbons (Fsp3) is 0.136. The number of methoxy groups -OCH3 is 1. The highest BCUT2D eigenvalue weighted by atomic mass is 32.2. The first-order valence-electron chi connectivity index (χ1n) is 10.1. The molecule has 0 aliphatic carbocycles. The van der Waals surface area contributed by atoms with Gasteiger partial charge in [-0.1, -0.05) is 36.4 Å². The van der Waals surface area contributed by atoms with Crippen LogP contribution in [0.15, 0.2) is 72.3 Å². The molecule has 0 atom stereocenters. The number of carbonyl (C=O) groups is 1. The van der Waals surface area contributed by atoms with Crippen LogP contribution < -0.4 is 14.8 Å². The Morgan fingerprint density at radius 2 is 1.79 bits per heavy atom. The van der Waals surface area contributed by atoms with Gasteiger partial charge in [0.05, 0.1) is 7.11 Å². The number of aromatic nitrogens is 5. The van der Waals surface area contributed by atoms with E-state index in [9.17, 15) is 13.2 Å². The van der Waals surface area contributed by atoms with Crippen LogP contribution in [0.2, 0.25) is 0 Å². The zero-order valence-electron chi connectivity index (χ0n) is 18.1. The van der Waals surface area contributed by atoms with Gasteiger partial charge in [-0.05, 0) is 23.3 Å². The van der Waals surface area contributed by atoms with Crippen LogP contribution in [-0.4, -0.2) is 46.6 Å². The second kappa shape index (κ2) is 10.2. The van der Waals surface area contributed by atoms with Crippen molar-refractivity contribution >= 4 is 15.9 Å². The molecule has 0 unspecified atom stereocenters. The molecule has 4 rings (SSSR count). The fourth-order valence-electron chi connectivity index (χ4n) is 3.04. The van der Waals surface area contributed by atoms with Crippen molar-refractivity contribution in [2.75, 3.05) is 7.11 Å². The van der Waals surface area contributed by atoms with Gasteiger partial charge < -0.3 is 10.1 Å². The Kier molecular flexibility index (Phi) is 6.90. The predicted molar refractivity (Wildman–Crippen MR) is 122 cm³/mol. The summed E-state index contributed by atoms with van der Waals surface area (Å²) in [4.78, 5) is 24.3. The first-order valence-corrected chi connectivity index (χ1v) is 11.6. The number of sulfonamides is 1. The molecular formula is C22H21N7O4S. The highest BCUT2D eigenvalue weighted by Gasteiger charge is 2.19. The average molecular weight is 480 g/mol. The van der Waals surface area contributed by atoms with Crippen LogP contribution in [0.25, 0.3) is 11.4 Å². The van der Waals surface area contributed by atoms with Crippen LogP contribution in [-0.2, 0) is 23.1 Å². The summed E-state index contributed by atoms with van der Waals surface area (Å²) >= 11 is 0. The fourth-order valence-corrected chi connectivity index (χ4v) is 4.00. The van der Waals surface area contributed by atoms with Crippen molar-refractivity contribution in [3.63, 3.8) is 0 Å². The molecule has 34 heavy (non-hydrogen) atoms. The molecule has 0 bridgehead atoms.